The number of rotatable bonds is 2. The van der Waals surface area contributed by atoms with Crippen molar-refractivity contribution >= 4 is 21.2 Å². The molecule has 1 N–H and O–H groups in total. The molecule has 2 heterocycles. The van der Waals surface area contributed by atoms with Crippen LogP contribution in [0.25, 0.3) is 11.4 Å². The Labute approximate surface area is 94.9 Å². The molecule has 0 aliphatic heterocycles. The van der Waals surface area contributed by atoms with Gasteiger partial charge in [-0.2, -0.15) is 0 Å². The molecule has 0 aromatic carbocycles. The topological polar surface area (TPSA) is 92.8 Å². The van der Waals surface area contributed by atoms with Gasteiger partial charge in [0.1, 0.15) is 5.69 Å². The highest BCUT2D eigenvalue weighted by atomic mass is 32.2. The highest BCUT2D eigenvalue weighted by Crippen LogP contribution is 2.21. The van der Waals surface area contributed by atoms with E-state index in [0.717, 1.165) is 17.6 Å². The minimum atomic E-state index is -3.31. The van der Waals surface area contributed by atoms with E-state index in [2.05, 4.69) is 15.0 Å². The molecular formula is C8H7N3O3S2. The van der Waals surface area contributed by atoms with E-state index in [1.807, 2.05) is 0 Å². The second-order valence-electron chi connectivity index (χ2n) is 3.07. The SMILES string of the molecule is CS(=O)(=O)c1nc(-c2cc(=O)[nH]cn2)cs1. The number of nitrogens with one attached hydrogen (secondary N) is 1. The lowest BCUT2D eigenvalue weighted by molar-refractivity contribution is 0.601. The number of aromatic nitrogens is 3. The number of nitrogens with zero attached hydrogens (tertiary/aromatic N) is 2. The van der Waals surface area contributed by atoms with Gasteiger partial charge in [-0.25, -0.2) is 18.4 Å². The molecule has 0 atom stereocenters. The Morgan fingerprint density at radius 3 is 2.69 bits per heavy atom. The van der Waals surface area contributed by atoms with Gasteiger partial charge in [-0.15, -0.1) is 11.3 Å². The van der Waals surface area contributed by atoms with Crippen molar-refractivity contribution in [1.82, 2.24) is 15.0 Å². The van der Waals surface area contributed by atoms with Gasteiger partial charge in [0.15, 0.2) is 0 Å². The fourth-order valence-corrected chi connectivity index (χ4v) is 2.70. The smallest absolute Gasteiger partial charge is 0.251 e. The molecule has 2 aromatic rings. The Hall–Kier alpha value is -1.54. The fourth-order valence-electron chi connectivity index (χ4n) is 1.05. The third-order valence-electron chi connectivity index (χ3n) is 1.74. The molecule has 16 heavy (non-hydrogen) atoms. The maximum Gasteiger partial charge on any atom is 0.251 e. The van der Waals surface area contributed by atoms with Gasteiger partial charge in [0.2, 0.25) is 14.2 Å². The number of aromatic amines is 1. The zero-order chi connectivity index (χ0) is 11.8. The highest BCUT2D eigenvalue weighted by molar-refractivity contribution is 7.92. The van der Waals surface area contributed by atoms with E-state index in [4.69, 9.17) is 0 Å². The zero-order valence-corrected chi connectivity index (χ0v) is 9.80. The lowest BCUT2D eigenvalue weighted by atomic mass is 10.3. The maximum absolute atomic E-state index is 11.2. The molecule has 0 fully saturated rings. The van der Waals surface area contributed by atoms with Crippen molar-refractivity contribution in [3.05, 3.63) is 28.1 Å². The second-order valence-corrected chi connectivity index (χ2v) is 6.11. The first kappa shape index (κ1) is 11.0. The Balaban J connectivity index is 2.51. The summed E-state index contributed by atoms with van der Waals surface area (Å²) >= 11 is 1.01. The van der Waals surface area contributed by atoms with E-state index >= 15 is 0 Å². The van der Waals surface area contributed by atoms with Crippen molar-refractivity contribution < 1.29 is 8.42 Å². The molecule has 2 aromatic heterocycles. The van der Waals surface area contributed by atoms with Gasteiger partial charge in [-0.05, 0) is 0 Å². The summed E-state index contributed by atoms with van der Waals surface area (Å²) in [4.78, 5) is 21.2. The number of sulfone groups is 1. The van der Waals surface area contributed by atoms with Gasteiger partial charge in [-0.3, -0.25) is 4.79 Å². The highest BCUT2D eigenvalue weighted by Gasteiger charge is 2.14. The van der Waals surface area contributed by atoms with Gasteiger partial charge >= 0.3 is 0 Å². The summed E-state index contributed by atoms with van der Waals surface area (Å²) in [5.41, 5.74) is 0.435. The van der Waals surface area contributed by atoms with Crippen molar-refractivity contribution in [2.24, 2.45) is 0 Å². The summed E-state index contributed by atoms with van der Waals surface area (Å²) in [5, 5.41) is 1.55. The van der Waals surface area contributed by atoms with Crippen LogP contribution >= 0.6 is 11.3 Å². The predicted octanol–water partition coefficient (Wildman–Crippen LogP) is 0.297. The fraction of sp³-hybridized carbons (Fsp3) is 0.125. The van der Waals surface area contributed by atoms with Gasteiger partial charge in [0.05, 0.1) is 12.0 Å². The molecule has 0 amide bonds. The van der Waals surface area contributed by atoms with Crippen LogP contribution < -0.4 is 5.56 Å². The molecule has 0 aliphatic carbocycles. The second kappa shape index (κ2) is 3.80. The Bertz CT molecular complexity index is 672. The summed E-state index contributed by atoms with van der Waals surface area (Å²) in [7, 11) is -3.31. The normalized spacial score (nSPS) is 11.6. The van der Waals surface area contributed by atoms with E-state index in [9.17, 15) is 13.2 Å². The van der Waals surface area contributed by atoms with Crippen LogP contribution in [-0.4, -0.2) is 29.6 Å². The lowest BCUT2D eigenvalue weighted by Gasteiger charge is -1.92. The number of thiazole rings is 1. The largest absolute Gasteiger partial charge is 0.313 e. The summed E-state index contributed by atoms with van der Waals surface area (Å²) in [5.74, 6) is 0. The van der Waals surface area contributed by atoms with Gasteiger partial charge in [-0.1, -0.05) is 0 Å². The monoisotopic (exact) mass is 257 g/mol. The molecule has 0 spiro atoms. The first-order valence-corrected chi connectivity index (χ1v) is 6.94. The third kappa shape index (κ3) is 2.17. The Morgan fingerprint density at radius 1 is 1.38 bits per heavy atom. The van der Waals surface area contributed by atoms with E-state index in [1.54, 1.807) is 5.38 Å². The van der Waals surface area contributed by atoms with Crippen molar-refractivity contribution in [3.8, 4) is 11.4 Å². The van der Waals surface area contributed by atoms with Gasteiger partial charge < -0.3 is 4.98 Å². The van der Waals surface area contributed by atoms with Crippen LogP contribution in [0.4, 0.5) is 0 Å². The maximum atomic E-state index is 11.2. The number of hydrogen-bond acceptors (Lipinski definition) is 6. The van der Waals surface area contributed by atoms with Crippen molar-refractivity contribution in [3.63, 3.8) is 0 Å². The van der Waals surface area contributed by atoms with Crippen LogP contribution in [-0.2, 0) is 9.84 Å². The van der Waals surface area contributed by atoms with Gasteiger partial charge in [0, 0.05) is 17.7 Å². The Morgan fingerprint density at radius 2 is 2.12 bits per heavy atom. The predicted molar refractivity (Wildman–Crippen MR) is 59.1 cm³/mol. The lowest BCUT2D eigenvalue weighted by Crippen LogP contribution is -2.04. The first-order chi connectivity index (χ1) is 7.47. The molecule has 0 unspecified atom stereocenters. The average molecular weight is 257 g/mol. The van der Waals surface area contributed by atoms with E-state index in [-0.39, 0.29) is 9.90 Å². The minimum Gasteiger partial charge on any atom is -0.313 e. The summed E-state index contributed by atoms with van der Waals surface area (Å²) in [6, 6.07) is 1.26. The standard InChI is InChI=1S/C8H7N3O3S2/c1-16(13,14)8-11-6(3-15-8)5-2-7(12)10-4-9-5/h2-4H,1H3,(H,9,10,12). The molecule has 6 nitrogen and oxygen atoms in total. The molecule has 84 valence electrons. The van der Waals surface area contributed by atoms with Crippen molar-refractivity contribution in [2.75, 3.05) is 6.26 Å². The summed E-state index contributed by atoms with van der Waals surface area (Å²) < 4.78 is 22.4. The van der Waals surface area contributed by atoms with E-state index < -0.39 is 9.84 Å². The Kier molecular flexibility index (Phi) is 2.60. The third-order valence-corrected chi connectivity index (χ3v) is 4.30. The van der Waals surface area contributed by atoms with E-state index in [0.29, 0.717) is 11.4 Å². The van der Waals surface area contributed by atoms with Crippen LogP contribution in [0.3, 0.4) is 0 Å². The molecule has 8 heteroatoms. The van der Waals surface area contributed by atoms with Crippen LogP contribution in [0.5, 0.6) is 0 Å². The van der Waals surface area contributed by atoms with Crippen LogP contribution in [0.1, 0.15) is 0 Å². The van der Waals surface area contributed by atoms with Crippen LogP contribution in [0, 0.1) is 0 Å². The molecule has 2 rings (SSSR count). The number of hydrogen-bond donors (Lipinski definition) is 1. The summed E-state index contributed by atoms with van der Waals surface area (Å²) in [6.07, 6.45) is 2.33. The number of H-pyrrole nitrogens is 1. The molecule has 0 saturated heterocycles. The quantitative estimate of drug-likeness (QED) is 0.835. The molecule has 0 radical (unpaired) electrons. The summed E-state index contributed by atoms with van der Waals surface area (Å²) in [6.45, 7) is 0. The van der Waals surface area contributed by atoms with Crippen molar-refractivity contribution in [1.29, 1.82) is 0 Å². The van der Waals surface area contributed by atoms with E-state index in [1.165, 1.54) is 12.4 Å². The average Bonchev–Trinajstić information content (AvgIpc) is 2.65. The zero-order valence-electron chi connectivity index (χ0n) is 8.17. The van der Waals surface area contributed by atoms with Crippen LogP contribution in [0.15, 0.2) is 26.9 Å². The molecular weight excluding hydrogens is 250 g/mol. The molecule has 0 aliphatic rings. The minimum absolute atomic E-state index is 0.0181. The van der Waals surface area contributed by atoms with Crippen molar-refractivity contribution in [2.45, 2.75) is 4.34 Å². The first-order valence-electron chi connectivity index (χ1n) is 4.17. The van der Waals surface area contributed by atoms with Gasteiger partial charge in [0.25, 0.3) is 5.56 Å². The van der Waals surface area contributed by atoms with Crippen LogP contribution in [0.2, 0.25) is 0 Å². The molecule has 0 bridgehead atoms. The molecule has 0 saturated carbocycles.